The molecular formula is C28H26O4. The van der Waals surface area contributed by atoms with Gasteiger partial charge in [0, 0.05) is 23.8 Å². The van der Waals surface area contributed by atoms with E-state index in [0.717, 1.165) is 28.0 Å². The number of carbonyl (C=O) groups is 1. The standard InChI is InChI=1S/C28H26O4/c1-4-31-28(29)26-17-13-23(14-18-26)10-9-22-11-15-25(16-12-22)27(32-20-30-3)19-24-7-5-21(2)6-8-24/h5-8,11-19H,4,20H2,1-3H3/b27-19-. The van der Waals surface area contributed by atoms with E-state index < -0.39 is 0 Å². The molecule has 0 N–H and O–H groups in total. The fourth-order valence-corrected chi connectivity index (χ4v) is 2.91. The van der Waals surface area contributed by atoms with E-state index in [2.05, 4.69) is 43.0 Å². The maximum absolute atomic E-state index is 11.7. The zero-order chi connectivity index (χ0) is 22.8. The van der Waals surface area contributed by atoms with E-state index >= 15 is 0 Å². The Labute approximate surface area is 189 Å². The molecule has 3 aromatic rings. The van der Waals surface area contributed by atoms with E-state index in [4.69, 9.17) is 14.2 Å². The minimum Gasteiger partial charge on any atom is -0.467 e. The molecule has 3 rings (SSSR count). The van der Waals surface area contributed by atoms with Crippen molar-refractivity contribution in [2.75, 3.05) is 20.5 Å². The fraction of sp³-hybridized carbons (Fsp3) is 0.179. The molecule has 0 bridgehead atoms. The molecule has 0 fully saturated rings. The van der Waals surface area contributed by atoms with Crippen LogP contribution in [0.1, 0.15) is 45.1 Å². The molecule has 3 aromatic carbocycles. The summed E-state index contributed by atoms with van der Waals surface area (Å²) in [4.78, 5) is 11.7. The van der Waals surface area contributed by atoms with Crippen LogP contribution in [0, 0.1) is 18.8 Å². The summed E-state index contributed by atoms with van der Waals surface area (Å²) in [6.07, 6.45) is 1.99. The monoisotopic (exact) mass is 426 g/mol. The van der Waals surface area contributed by atoms with Gasteiger partial charge in [-0.25, -0.2) is 4.79 Å². The summed E-state index contributed by atoms with van der Waals surface area (Å²) < 4.78 is 15.9. The van der Waals surface area contributed by atoms with Crippen LogP contribution < -0.4 is 0 Å². The van der Waals surface area contributed by atoms with Crippen molar-refractivity contribution in [3.63, 3.8) is 0 Å². The summed E-state index contributed by atoms with van der Waals surface area (Å²) in [5, 5.41) is 0. The molecule has 162 valence electrons. The van der Waals surface area contributed by atoms with Gasteiger partial charge in [0.05, 0.1) is 12.2 Å². The number of carbonyl (C=O) groups excluding carboxylic acids is 1. The van der Waals surface area contributed by atoms with Crippen LogP contribution in [0.3, 0.4) is 0 Å². The van der Waals surface area contributed by atoms with E-state index in [-0.39, 0.29) is 12.8 Å². The number of hydrogen-bond donors (Lipinski definition) is 0. The van der Waals surface area contributed by atoms with Crippen LogP contribution in [0.15, 0.2) is 72.8 Å². The third-order valence-corrected chi connectivity index (χ3v) is 4.62. The molecule has 4 nitrogen and oxygen atoms in total. The highest BCUT2D eigenvalue weighted by atomic mass is 16.7. The number of benzene rings is 3. The van der Waals surface area contributed by atoms with Gasteiger partial charge < -0.3 is 14.2 Å². The Morgan fingerprint density at radius 1 is 0.812 bits per heavy atom. The maximum atomic E-state index is 11.7. The molecule has 0 radical (unpaired) electrons. The molecule has 0 heterocycles. The molecule has 0 amide bonds. The molecule has 0 aliphatic rings. The smallest absolute Gasteiger partial charge is 0.338 e. The molecule has 0 atom stereocenters. The van der Waals surface area contributed by atoms with Gasteiger partial charge in [-0.1, -0.05) is 53.8 Å². The molecule has 0 saturated heterocycles. The van der Waals surface area contributed by atoms with Crippen LogP contribution in [0.4, 0.5) is 0 Å². The molecule has 0 spiro atoms. The second kappa shape index (κ2) is 11.5. The average molecular weight is 427 g/mol. The zero-order valence-corrected chi connectivity index (χ0v) is 18.6. The summed E-state index contributed by atoms with van der Waals surface area (Å²) in [7, 11) is 1.60. The second-order valence-corrected chi connectivity index (χ2v) is 7.10. The lowest BCUT2D eigenvalue weighted by atomic mass is 10.1. The van der Waals surface area contributed by atoms with Crippen LogP contribution in [0.5, 0.6) is 0 Å². The van der Waals surface area contributed by atoms with Gasteiger partial charge in [-0.3, -0.25) is 0 Å². The highest BCUT2D eigenvalue weighted by Crippen LogP contribution is 2.21. The molecule has 0 unspecified atom stereocenters. The minimum absolute atomic E-state index is 0.168. The van der Waals surface area contributed by atoms with Gasteiger partial charge in [0.2, 0.25) is 0 Å². The van der Waals surface area contributed by atoms with Gasteiger partial charge in [-0.15, -0.1) is 0 Å². The van der Waals surface area contributed by atoms with Crippen molar-refractivity contribution in [3.05, 3.63) is 106 Å². The lowest BCUT2D eigenvalue weighted by molar-refractivity contribution is 0.0324. The van der Waals surface area contributed by atoms with Crippen molar-refractivity contribution in [1.29, 1.82) is 0 Å². The lowest BCUT2D eigenvalue weighted by Crippen LogP contribution is -2.04. The van der Waals surface area contributed by atoms with Crippen LogP contribution in [0.25, 0.3) is 11.8 Å². The van der Waals surface area contributed by atoms with Crippen molar-refractivity contribution in [1.82, 2.24) is 0 Å². The lowest BCUT2D eigenvalue weighted by Gasteiger charge is -2.10. The number of aryl methyl sites for hydroxylation is 1. The third-order valence-electron chi connectivity index (χ3n) is 4.62. The van der Waals surface area contributed by atoms with Crippen molar-refractivity contribution < 1.29 is 19.0 Å². The number of esters is 1. The summed E-state index contributed by atoms with van der Waals surface area (Å²) in [6.45, 7) is 4.37. The van der Waals surface area contributed by atoms with E-state index in [1.165, 1.54) is 5.56 Å². The van der Waals surface area contributed by atoms with Gasteiger partial charge in [-0.2, -0.15) is 0 Å². The fourth-order valence-electron chi connectivity index (χ4n) is 2.91. The van der Waals surface area contributed by atoms with Gasteiger partial charge in [0.25, 0.3) is 0 Å². The van der Waals surface area contributed by atoms with Crippen LogP contribution in [0.2, 0.25) is 0 Å². The first-order valence-corrected chi connectivity index (χ1v) is 10.4. The number of methoxy groups -OCH3 is 1. The quantitative estimate of drug-likeness (QED) is 0.160. The SMILES string of the molecule is CCOC(=O)c1ccc(C#Cc2ccc(/C(=C/c3ccc(C)cc3)OCOC)cc2)cc1. The van der Waals surface area contributed by atoms with Gasteiger partial charge in [0.1, 0.15) is 5.76 Å². The number of ether oxygens (including phenoxy) is 3. The first kappa shape index (κ1) is 22.9. The highest BCUT2D eigenvalue weighted by Gasteiger charge is 2.05. The number of rotatable bonds is 7. The van der Waals surface area contributed by atoms with E-state index in [0.29, 0.717) is 12.2 Å². The Kier molecular flexibility index (Phi) is 8.25. The van der Waals surface area contributed by atoms with Crippen LogP contribution >= 0.6 is 0 Å². The van der Waals surface area contributed by atoms with Gasteiger partial charge in [-0.05, 0) is 61.9 Å². The summed E-state index contributed by atoms with van der Waals surface area (Å²) >= 11 is 0. The third kappa shape index (κ3) is 6.60. The summed E-state index contributed by atoms with van der Waals surface area (Å²) in [5.74, 6) is 6.67. The second-order valence-electron chi connectivity index (χ2n) is 7.10. The van der Waals surface area contributed by atoms with E-state index in [1.807, 2.05) is 42.5 Å². The first-order valence-electron chi connectivity index (χ1n) is 10.4. The van der Waals surface area contributed by atoms with Crippen molar-refractivity contribution in [3.8, 4) is 11.8 Å². The average Bonchev–Trinajstić information content (AvgIpc) is 2.82. The van der Waals surface area contributed by atoms with Crippen LogP contribution in [-0.4, -0.2) is 26.5 Å². The van der Waals surface area contributed by atoms with Gasteiger partial charge >= 0.3 is 5.97 Å². The molecule has 4 heteroatoms. The predicted octanol–water partition coefficient (Wildman–Crippen LogP) is 5.69. The molecule has 0 aliphatic heterocycles. The van der Waals surface area contributed by atoms with Crippen molar-refractivity contribution in [2.45, 2.75) is 13.8 Å². The molecule has 0 saturated carbocycles. The molecule has 0 aromatic heterocycles. The Bertz CT molecular complexity index is 1110. The molecule has 32 heavy (non-hydrogen) atoms. The topological polar surface area (TPSA) is 44.8 Å². The normalized spacial score (nSPS) is 10.8. The molecule has 0 aliphatic carbocycles. The summed E-state index contributed by atoms with van der Waals surface area (Å²) in [5.41, 5.74) is 5.42. The Hall–Kier alpha value is -3.81. The van der Waals surface area contributed by atoms with Crippen LogP contribution in [-0.2, 0) is 14.2 Å². The molecular weight excluding hydrogens is 400 g/mol. The Balaban J connectivity index is 1.75. The largest absolute Gasteiger partial charge is 0.467 e. The maximum Gasteiger partial charge on any atom is 0.338 e. The predicted molar refractivity (Wildman–Crippen MR) is 127 cm³/mol. The Morgan fingerprint density at radius 3 is 1.91 bits per heavy atom. The van der Waals surface area contributed by atoms with Crippen molar-refractivity contribution in [2.24, 2.45) is 0 Å². The first-order chi connectivity index (χ1) is 15.6. The highest BCUT2D eigenvalue weighted by molar-refractivity contribution is 5.89. The van der Waals surface area contributed by atoms with Crippen molar-refractivity contribution >= 4 is 17.8 Å². The summed E-state index contributed by atoms with van der Waals surface area (Å²) in [6, 6.07) is 23.2. The van der Waals surface area contributed by atoms with E-state index in [9.17, 15) is 4.79 Å². The van der Waals surface area contributed by atoms with Gasteiger partial charge in [0.15, 0.2) is 6.79 Å². The Morgan fingerprint density at radius 2 is 1.38 bits per heavy atom. The number of hydrogen-bond acceptors (Lipinski definition) is 4. The minimum atomic E-state index is -0.326. The van der Waals surface area contributed by atoms with E-state index in [1.54, 1.807) is 26.2 Å². The zero-order valence-electron chi connectivity index (χ0n) is 18.6.